The fourth-order valence-electron chi connectivity index (χ4n) is 0.166. The van der Waals surface area contributed by atoms with Crippen molar-refractivity contribution in [1.29, 1.82) is 0 Å². The van der Waals surface area contributed by atoms with Gasteiger partial charge < -0.3 is 0 Å². The van der Waals surface area contributed by atoms with Crippen LogP contribution in [0.2, 0.25) is 0 Å². The third-order valence-corrected chi connectivity index (χ3v) is 3.99. The molecule has 0 heterocycles. The van der Waals surface area contributed by atoms with E-state index < -0.39 is 10.0 Å². The van der Waals surface area contributed by atoms with Crippen molar-refractivity contribution in [2.24, 2.45) is 0 Å². The smallest absolute Gasteiger partial charge is 0.205 e. The summed E-state index contributed by atoms with van der Waals surface area (Å²) in [7, 11) is -1.00. The van der Waals surface area contributed by atoms with E-state index in [4.69, 9.17) is 0 Å². The second kappa shape index (κ2) is 2.44. The fraction of sp³-hybridized carbons (Fsp3) is 0.667. The van der Waals surface area contributed by atoms with Crippen LogP contribution >= 0.6 is 10.0 Å². The molecule has 0 saturated heterocycles. The molecule has 0 aromatic heterocycles. The summed E-state index contributed by atoms with van der Waals surface area (Å²) in [5, 5.41) is 0.306. The highest BCUT2D eigenvalue weighted by Gasteiger charge is 2.22. The molecule has 0 radical (unpaired) electrons. The Morgan fingerprint density at radius 2 is 1.88 bits per heavy atom. The first-order chi connectivity index (χ1) is 3.50. The minimum Gasteiger partial charge on any atom is -0.285 e. The third-order valence-electron chi connectivity index (χ3n) is 1.33. The van der Waals surface area contributed by atoms with Crippen LogP contribution in [0.15, 0.2) is 0 Å². The highest BCUT2D eigenvalue weighted by atomic mass is 32.3. The maximum atomic E-state index is 10.7. The highest BCUT2D eigenvalue weighted by Crippen LogP contribution is 2.42. The van der Waals surface area contributed by atoms with Gasteiger partial charge in [-0.2, -0.15) is 0 Å². The van der Waals surface area contributed by atoms with Crippen LogP contribution in [0.4, 0.5) is 0 Å². The van der Waals surface area contributed by atoms with Crippen molar-refractivity contribution < 1.29 is 4.79 Å². The Kier molecular flexibility index (Phi) is 2.41. The Morgan fingerprint density at radius 1 is 1.50 bits per heavy atom. The first-order valence-electron chi connectivity index (χ1n) is 2.54. The molecular weight excluding hydrogens is 120 g/mol. The number of hydrogen-bond donors (Lipinski definition) is 0. The zero-order valence-corrected chi connectivity index (χ0v) is 6.71. The van der Waals surface area contributed by atoms with Gasteiger partial charge in [-0.15, -0.1) is 0 Å². The van der Waals surface area contributed by atoms with Crippen molar-refractivity contribution in [3.63, 3.8) is 0 Å². The largest absolute Gasteiger partial charge is 0.285 e. The molecule has 0 N–H and O–H groups in total. The van der Waals surface area contributed by atoms with Gasteiger partial charge in [0.05, 0.1) is 6.92 Å². The number of carbonyl (C=O) groups excluding carboxylic acids is 1. The van der Waals surface area contributed by atoms with E-state index >= 15 is 0 Å². The first-order valence-corrected chi connectivity index (χ1v) is 5.05. The van der Waals surface area contributed by atoms with Crippen LogP contribution in [0, 0.1) is 5.75 Å². The SMILES string of the molecule is C[CH+]S(C)(C)C(C)=O. The van der Waals surface area contributed by atoms with E-state index in [1.54, 1.807) is 6.92 Å². The lowest BCUT2D eigenvalue weighted by Gasteiger charge is -2.14. The Hall–Kier alpha value is -0.110. The minimum absolute atomic E-state index is 0.306. The van der Waals surface area contributed by atoms with Crippen molar-refractivity contribution in [1.82, 2.24) is 0 Å². The number of rotatable bonds is 1. The van der Waals surface area contributed by atoms with Gasteiger partial charge in [-0.3, -0.25) is 4.79 Å². The minimum atomic E-state index is -1.00. The molecule has 8 heavy (non-hydrogen) atoms. The van der Waals surface area contributed by atoms with Crippen molar-refractivity contribution in [3.05, 3.63) is 5.75 Å². The van der Waals surface area contributed by atoms with Gasteiger partial charge in [0.25, 0.3) is 0 Å². The van der Waals surface area contributed by atoms with E-state index in [9.17, 15) is 4.79 Å². The molecule has 0 spiro atoms. The van der Waals surface area contributed by atoms with Crippen LogP contribution in [0.25, 0.3) is 0 Å². The fourth-order valence-corrected chi connectivity index (χ4v) is 0.498. The molecule has 1 nitrogen and oxygen atoms in total. The van der Waals surface area contributed by atoms with Gasteiger partial charge in [0.2, 0.25) is 5.12 Å². The van der Waals surface area contributed by atoms with Gasteiger partial charge in [0.15, 0.2) is 0 Å². The molecule has 0 atom stereocenters. The molecule has 0 unspecified atom stereocenters. The Morgan fingerprint density at radius 3 is 1.88 bits per heavy atom. The maximum Gasteiger partial charge on any atom is 0.205 e. The topological polar surface area (TPSA) is 17.1 Å². The summed E-state index contributed by atoms with van der Waals surface area (Å²) in [6.07, 6.45) is 3.99. The molecule has 0 aromatic carbocycles. The molecule has 0 aromatic rings. The summed E-state index contributed by atoms with van der Waals surface area (Å²) in [5.74, 6) is 2.00. The lowest BCUT2D eigenvalue weighted by atomic mass is 10.9. The second-order valence-corrected chi connectivity index (χ2v) is 5.99. The van der Waals surface area contributed by atoms with Crippen molar-refractivity contribution in [2.75, 3.05) is 12.5 Å². The Balaban J connectivity index is 3.91. The van der Waals surface area contributed by atoms with Gasteiger partial charge in [0, 0.05) is 19.4 Å². The highest BCUT2D eigenvalue weighted by molar-refractivity contribution is 8.45. The average Bonchev–Trinajstić information content (AvgIpc) is 1.67. The van der Waals surface area contributed by atoms with Crippen LogP contribution in [0.5, 0.6) is 0 Å². The molecule has 0 fully saturated rings. The van der Waals surface area contributed by atoms with Crippen LogP contribution in [-0.4, -0.2) is 17.6 Å². The standard InChI is InChI=1S/C6H13OS/c1-5-8(3,4)6(2)7/h5H,1-4H3/q+1. The van der Waals surface area contributed by atoms with Gasteiger partial charge in [-0.25, -0.2) is 0 Å². The van der Waals surface area contributed by atoms with Gasteiger partial charge in [-0.05, 0) is 10.0 Å². The quantitative estimate of drug-likeness (QED) is 0.498. The lowest BCUT2D eigenvalue weighted by Crippen LogP contribution is -2.03. The third kappa shape index (κ3) is 1.78. The van der Waals surface area contributed by atoms with Crippen LogP contribution in [0.3, 0.4) is 0 Å². The van der Waals surface area contributed by atoms with E-state index in [0.717, 1.165) is 0 Å². The molecular formula is C6H13OS+. The second-order valence-electron chi connectivity index (χ2n) is 2.13. The summed E-state index contributed by atoms with van der Waals surface area (Å²) in [5.41, 5.74) is 0. The molecule has 0 aliphatic heterocycles. The summed E-state index contributed by atoms with van der Waals surface area (Å²) >= 11 is 0. The Bertz CT molecular complexity index is 96.7. The van der Waals surface area contributed by atoms with Gasteiger partial charge in [0.1, 0.15) is 5.75 Å². The Labute approximate surface area is 52.8 Å². The zero-order chi connectivity index (χ0) is 6.78. The molecule has 48 valence electrons. The normalized spacial score (nSPS) is 13.0. The van der Waals surface area contributed by atoms with Crippen molar-refractivity contribution >= 4 is 15.1 Å². The van der Waals surface area contributed by atoms with Crippen LogP contribution in [-0.2, 0) is 4.79 Å². The predicted molar refractivity (Wildman–Crippen MR) is 40.1 cm³/mol. The van der Waals surface area contributed by atoms with Crippen LogP contribution in [0.1, 0.15) is 13.8 Å². The molecule has 0 rings (SSSR count). The molecule has 2 heteroatoms. The summed E-state index contributed by atoms with van der Waals surface area (Å²) in [6.45, 7) is 3.59. The lowest BCUT2D eigenvalue weighted by molar-refractivity contribution is -0.109. The van der Waals surface area contributed by atoms with E-state index in [-0.39, 0.29) is 0 Å². The summed E-state index contributed by atoms with van der Waals surface area (Å²) < 4.78 is 0. The average molecular weight is 133 g/mol. The first kappa shape index (κ1) is 7.89. The number of hydrogen-bond acceptors (Lipinski definition) is 1. The predicted octanol–water partition coefficient (Wildman–Crippen LogP) is 1.78. The molecule has 0 aliphatic rings. The zero-order valence-electron chi connectivity index (χ0n) is 5.89. The van der Waals surface area contributed by atoms with E-state index in [1.165, 1.54) is 0 Å². The van der Waals surface area contributed by atoms with E-state index in [0.29, 0.717) is 5.12 Å². The molecule has 0 saturated carbocycles. The maximum absolute atomic E-state index is 10.7. The number of carbonyl (C=O) groups is 1. The summed E-state index contributed by atoms with van der Waals surface area (Å²) in [6, 6.07) is 0. The monoisotopic (exact) mass is 133 g/mol. The van der Waals surface area contributed by atoms with E-state index in [2.05, 4.69) is 0 Å². The van der Waals surface area contributed by atoms with Gasteiger partial charge in [-0.1, -0.05) is 0 Å². The van der Waals surface area contributed by atoms with Crippen molar-refractivity contribution in [2.45, 2.75) is 13.8 Å². The van der Waals surface area contributed by atoms with Crippen molar-refractivity contribution in [3.8, 4) is 0 Å². The molecule has 0 aliphatic carbocycles. The van der Waals surface area contributed by atoms with Crippen LogP contribution < -0.4 is 0 Å². The molecule has 0 bridgehead atoms. The van der Waals surface area contributed by atoms with Gasteiger partial charge >= 0.3 is 0 Å². The van der Waals surface area contributed by atoms with E-state index in [1.807, 2.05) is 25.2 Å². The molecule has 0 amide bonds. The summed E-state index contributed by atoms with van der Waals surface area (Å²) in [4.78, 5) is 10.7.